The van der Waals surface area contributed by atoms with Crippen molar-refractivity contribution >= 4 is 11.6 Å². The molecule has 1 atom stereocenters. The monoisotopic (exact) mass is 284 g/mol. The molecule has 0 radical (unpaired) electrons. The number of carbonyl (C=O) groups excluding carboxylic acids is 1. The summed E-state index contributed by atoms with van der Waals surface area (Å²) in [5.41, 5.74) is 8.64. The van der Waals surface area contributed by atoms with Gasteiger partial charge in [0.05, 0.1) is 0 Å². The molecule has 0 aliphatic heterocycles. The van der Waals surface area contributed by atoms with Crippen molar-refractivity contribution in [3.05, 3.63) is 59.7 Å². The second kappa shape index (κ2) is 6.41. The van der Waals surface area contributed by atoms with Crippen LogP contribution < -0.4 is 10.6 Å². The molecule has 0 heterocycles. The van der Waals surface area contributed by atoms with Crippen molar-refractivity contribution in [2.45, 2.75) is 19.9 Å². The molecule has 3 N–H and O–H groups in total. The summed E-state index contributed by atoms with van der Waals surface area (Å²) in [6.45, 7) is 4.36. The van der Waals surface area contributed by atoms with Gasteiger partial charge in [0.15, 0.2) is 0 Å². The number of hydrogen-bond donors (Lipinski definition) is 2. The molecule has 0 spiro atoms. The summed E-state index contributed by atoms with van der Waals surface area (Å²) in [4.78, 5) is 14.2. The minimum atomic E-state index is -0.715. The number of phenols is 1. The molecule has 2 aromatic carbocycles. The molecular formula is C17H20N2O2. The molecule has 0 saturated carbocycles. The van der Waals surface area contributed by atoms with E-state index in [1.165, 1.54) is 0 Å². The first-order valence-corrected chi connectivity index (χ1v) is 6.95. The van der Waals surface area contributed by atoms with Gasteiger partial charge >= 0.3 is 0 Å². The number of amides is 1. The molecule has 0 fully saturated rings. The summed E-state index contributed by atoms with van der Waals surface area (Å²) >= 11 is 0. The number of rotatable bonds is 4. The van der Waals surface area contributed by atoms with Crippen molar-refractivity contribution in [1.29, 1.82) is 0 Å². The fourth-order valence-electron chi connectivity index (χ4n) is 2.21. The Morgan fingerprint density at radius 3 is 2.48 bits per heavy atom. The van der Waals surface area contributed by atoms with E-state index in [-0.39, 0.29) is 11.7 Å². The number of benzene rings is 2. The third-order valence-electron chi connectivity index (χ3n) is 3.43. The first-order chi connectivity index (χ1) is 10.0. The zero-order valence-corrected chi connectivity index (χ0v) is 12.3. The first-order valence-electron chi connectivity index (χ1n) is 6.95. The minimum absolute atomic E-state index is 0.127. The Balaban J connectivity index is 2.25. The van der Waals surface area contributed by atoms with Crippen molar-refractivity contribution in [1.82, 2.24) is 0 Å². The summed E-state index contributed by atoms with van der Waals surface area (Å²) in [6.07, 6.45) is 0. The summed E-state index contributed by atoms with van der Waals surface area (Å²) in [5.74, 6) is -0.0605. The highest BCUT2D eigenvalue weighted by Gasteiger charge is 2.22. The number of likely N-dealkylation sites (N-methyl/N-ethyl adjacent to an activating group) is 1. The van der Waals surface area contributed by atoms with Gasteiger partial charge in [-0.3, -0.25) is 4.79 Å². The molecule has 0 aliphatic rings. The maximum atomic E-state index is 12.6. The third kappa shape index (κ3) is 3.41. The molecule has 2 rings (SSSR count). The van der Waals surface area contributed by atoms with Gasteiger partial charge in [0.1, 0.15) is 11.8 Å². The van der Waals surface area contributed by atoms with Gasteiger partial charge < -0.3 is 15.7 Å². The number of hydrogen-bond acceptors (Lipinski definition) is 3. The van der Waals surface area contributed by atoms with E-state index in [0.717, 1.165) is 11.1 Å². The van der Waals surface area contributed by atoms with Gasteiger partial charge in [-0.1, -0.05) is 35.9 Å². The largest absolute Gasteiger partial charge is 0.508 e. The van der Waals surface area contributed by atoms with Gasteiger partial charge in [0, 0.05) is 18.3 Å². The average molecular weight is 284 g/mol. The number of carbonyl (C=O) groups is 1. The summed E-state index contributed by atoms with van der Waals surface area (Å²) in [6, 6.07) is 13.5. The van der Waals surface area contributed by atoms with Gasteiger partial charge in [-0.2, -0.15) is 0 Å². The standard InChI is InChI=1S/C17H20N2O2/c1-3-19(14-5-4-6-15(20)11-14)17(21)16(18)13-9-7-12(2)8-10-13/h4-11,16,20H,3,18H2,1-2H3. The zero-order valence-electron chi connectivity index (χ0n) is 12.3. The zero-order chi connectivity index (χ0) is 15.4. The van der Waals surface area contributed by atoms with E-state index in [1.54, 1.807) is 29.2 Å². The number of nitrogens with two attached hydrogens (primary N) is 1. The fourth-order valence-corrected chi connectivity index (χ4v) is 2.21. The Morgan fingerprint density at radius 2 is 1.90 bits per heavy atom. The van der Waals surface area contributed by atoms with Crippen LogP contribution in [-0.4, -0.2) is 17.6 Å². The van der Waals surface area contributed by atoms with E-state index >= 15 is 0 Å². The summed E-state index contributed by atoms with van der Waals surface area (Å²) in [5, 5.41) is 9.56. The van der Waals surface area contributed by atoms with Crippen molar-refractivity contribution in [3.63, 3.8) is 0 Å². The van der Waals surface area contributed by atoms with Crippen LogP contribution >= 0.6 is 0 Å². The SMILES string of the molecule is CCN(C(=O)C(N)c1ccc(C)cc1)c1cccc(O)c1. The summed E-state index contributed by atoms with van der Waals surface area (Å²) in [7, 11) is 0. The number of aryl methyl sites for hydroxylation is 1. The molecule has 110 valence electrons. The van der Waals surface area contributed by atoms with E-state index in [2.05, 4.69) is 0 Å². The van der Waals surface area contributed by atoms with Crippen LogP contribution in [-0.2, 0) is 4.79 Å². The first kappa shape index (κ1) is 15.1. The lowest BCUT2D eigenvalue weighted by Gasteiger charge is -2.24. The van der Waals surface area contributed by atoms with E-state index in [0.29, 0.717) is 12.2 Å². The van der Waals surface area contributed by atoms with Crippen LogP contribution in [0.2, 0.25) is 0 Å². The van der Waals surface area contributed by atoms with E-state index in [4.69, 9.17) is 5.73 Å². The number of anilines is 1. The number of aromatic hydroxyl groups is 1. The lowest BCUT2D eigenvalue weighted by atomic mass is 10.0. The van der Waals surface area contributed by atoms with Crippen molar-refractivity contribution < 1.29 is 9.90 Å². The predicted molar refractivity (Wildman–Crippen MR) is 84.2 cm³/mol. The molecule has 4 heteroatoms. The summed E-state index contributed by atoms with van der Waals surface area (Å²) < 4.78 is 0. The predicted octanol–water partition coefficient (Wildman–Crippen LogP) is 2.75. The van der Waals surface area contributed by atoms with Crippen LogP contribution in [0.15, 0.2) is 48.5 Å². The van der Waals surface area contributed by atoms with Crippen LogP contribution in [0.25, 0.3) is 0 Å². The molecule has 1 unspecified atom stereocenters. The van der Waals surface area contributed by atoms with Crippen LogP contribution in [0, 0.1) is 6.92 Å². The average Bonchev–Trinajstić information content (AvgIpc) is 2.48. The molecule has 0 aromatic heterocycles. The van der Waals surface area contributed by atoms with Gasteiger partial charge in [0.2, 0.25) is 5.91 Å². The molecule has 0 saturated heterocycles. The highest BCUT2D eigenvalue weighted by molar-refractivity contribution is 5.97. The van der Waals surface area contributed by atoms with Gasteiger partial charge in [-0.25, -0.2) is 0 Å². The van der Waals surface area contributed by atoms with Crippen LogP contribution in [0.4, 0.5) is 5.69 Å². The van der Waals surface area contributed by atoms with E-state index in [1.807, 2.05) is 38.1 Å². The van der Waals surface area contributed by atoms with Crippen LogP contribution in [0.1, 0.15) is 24.1 Å². The lowest BCUT2D eigenvalue weighted by Crippen LogP contribution is -2.38. The van der Waals surface area contributed by atoms with Crippen molar-refractivity contribution in [2.75, 3.05) is 11.4 Å². The Bertz CT molecular complexity index is 623. The second-order valence-corrected chi connectivity index (χ2v) is 4.99. The number of phenolic OH excluding ortho intramolecular Hbond substituents is 1. The third-order valence-corrected chi connectivity index (χ3v) is 3.43. The van der Waals surface area contributed by atoms with Crippen molar-refractivity contribution in [3.8, 4) is 5.75 Å². The van der Waals surface area contributed by atoms with Crippen LogP contribution in [0.5, 0.6) is 5.75 Å². The highest BCUT2D eigenvalue weighted by Crippen LogP contribution is 2.23. The van der Waals surface area contributed by atoms with E-state index in [9.17, 15) is 9.90 Å². The maximum absolute atomic E-state index is 12.6. The molecule has 4 nitrogen and oxygen atoms in total. The molecule has 1 amide bonds. The maximum Gasteiger partial charge on any atom is 0.248 e. The topological polar surface area (TPSA) is 66.6 Å². The molecule has 0 aliphatic carbocycles. The van der Waals surface area contributed by atoms with Gasteiger partial charge in [-0.05, 0) is 31.5 Å². The normalized spacial score (nSPS) is 12.0. The quantitative estimate of drug-likeness (QED) is 0.907. The van der Waals surface area contributed by atoms with E-state index < -0.39 is 6.04 Å². The molecule has 0 bridgehead atoms. The van der Waals surface area contributed by atoms with Gasteiger partial charge in [0.25, 0.3) is 0 Å². The molecular weight excluding hydrogens is 264 g/mol. The Morgan fingerprint density at radius 1 is 1.24 bits per heavy atom. The van der Waals surface area contributed by atoms with Gasteiger partial charge in [-0.15, -0.1) is 0 Å². The van der Waals surface area contributed by atoms with Crippen molar-refractivity contribution in [2.24, 2.45) is 5.73 Å². The highest BCUT2D eigenvalue weighted by atomic mass is 16.3. The Hall–Kier alpha value is -2.33. The Kier molecular flexibility index (Phi) is 4.60. The smallest absolute Gasteiger partial charge is 0.248 e. The lowest BCUT2D eigenvalue weighted by molar-refractivity contribution is -0.119. The Labute approximate surface area is 124 Å². The molecule has 21 heavy (non-hydrogen) atoms. The number of nitrogens with zero attached hydrogens (tertiary/aromatic N) is 1. The second-order valence-electron chi connectivity index (χ2n) is 4.99. The van der Waals surface area contributed by atoms with Crippen LogP contribution in [0.3, 0.4) is 0 Å². The molecule has 2 aromatic rings. The minimum Gasteiger partial charge on any atom is -0.508 e. The fraction of sp³-hybridized carbons (Fsp3) is 0.235.